The zero-order valence-electron chi connectivity index (χ0n) is 22.4. The van der Waals surface area contributed by atoms with Crippen LogP contribution in [-0.4, -0.2) is 32.9 Å². The van der Waals surface area contributed by atoms with Gasteiger partial charge in [-0.1, -0.05) is 56.3 Å². The number of carbonyl (C=O) groups is 1. The fourth-order valence-corrected chi connectivity index (χ4v) is 8.01. The molecule has 2 bridgehead atoms. The predicted octanol–water partition coefficient (Wildman–Crippen LogP) is 6.41. The number of rotatable bonds is 7. The van der Waals surface area contributed by atoms with Crippen molar-refractivity contribution in [1.29, 1.82) is 5.26 Å². The molecule has 39 heavy (non-hydrogen) atoms. The second kappa shape index (κ2) is 9.17. The van der Waals surface area contributed by atoms with Crippen molar-refractivity contribution < 1.29 is 4.79 Å². The maximum absolute atomic E-state index is 12.8. The summed E-state index contributed by atoms with van der Waals surface area (Å²) in [5.41, 5.74) is 3.72. The summed E-state index contributed by atoms with van der Waals surface area (Å²) in [7, 11) is 2.03. The average molecular weight is 539 g/mol. The Kier molecular flexibility index (Phi) is 6.00. The molecule has 0 N–H and O–H groups in total. The number of aryl methyl sites for hydroxylation is 1. The van der Waals surface area contributed by atoms with E-state index in [2.05, 4.69) is 46.3 Å². The number of aldehydes is 1. The van der Waals surface area contributed by atoms with Crippen LogP contribution in [0.1, 0.15) is 38.7 Å². The fourth-order valence-electron chi connectivity index (χ4n) is 7.83. The SMILES string of the molecule is C=C([C@H]1[C@@H](C=O)[C@@]2(C)C[C@]1(CCn1cnc3c(Cl)ncnc31)C[C@@H]2C)N(C)c1ccc(C#N)c2ccccc12. The van der Waals surface area contributed by atoms with Gasteiger partial charge >= 0.3 is 0 Å². The summed E-state index contributed by atoms with van der Waals surface area (Å²) in [5.74, 6) is 0.287. The summed E-state index contributed by atoms with van der Waals surface area (Å²) in [6.07, 6.45) is 7.30. The Morgan fingerprint density at radius 3 is 2.77 bits per heavy atom. The minimum atomic E-state index is -0.128. The first-order chi connectivity index (χ1) is 18.7. The molecule has 4 aromatic rings. The Bertz CT molecular complexity index is 1670. The van der Waals surface area contributed by atoms with E-state index in [9.17, 15) is 10.1 Å². The van der Waals surface area contributed by atoms with E-state index in [-0.39, 0.29) is 22.7 Å². The average Bonchev–Trinajstić information content (AvgIpc) is 3.56. The summed E-state index contributed by atoms with van der Waals surface area (Å²) in [6, 6.07) is 14.1. The van der Waals surface area contributed by atoms with Crippen LogP contribution in [0.3, 0.4) is 0 Å². The molecule has 8 heteroatoms. The number of fused-ring (bicyclic) bond motifs is 4. The number of hydrogen-bond donors (Lipinski definition) is 0. The standard InChI is InChI=1S/C31H31ClN6O/c1-19-13-31(11-12-38-18-36-27-28(32)34-17-35-29(27)38)16-30(19,3)24(15-39)26(31)20(2)37(4)25-10-9-21(14-33)22-7-5-6-8-23(22)25/h5-10,15,17-19,24,26H,2,11-13,16H2,1,3-4H3/t19-,24+,26-,30-,31-/m0/s1. The van der Waals surface area contributed by atoms with Gasteiger partial charge in [-0.05, 0) is 48.1 Å². The number of hydrogen-bond acceptors (Lipinski definition) is 6. The van der Waals surface area contributed by atoms with Gasteiger partial charge in [-0.15, -0.1) is 0 Å². The van der Waals surface area contributed by atoms with E-state index in [1.807, 2.05) is 48.0 Å². The van der Waals surface area contributed by atoms with E-state index in [0.717, 1.165) is 47.1 Å². The molecule has 0 aliphatic heterocycles. The van der Waals surface area contributed by atoms with Gasteiger partial charge in [-0.25, -0.2) is 15.0 Å². The zero-order chi connectivity index (χ0) is 27.5. The van der Waals surface area contributed by atoms with E-state index in [1.165, 1.54) is 12.6 Å². The molecule has 2 aromatic carbocycles. The van der Waals surface area contributed by atoms with E-state index >= 15 is 0 Å². The number of carbonyl (C=O) groups excluding carboxylic acids is 1. The highest BCUT2D eigenvalue weighted by molar-refractivity contribution is 6.33. The summed E-state index contributed by atoms with van der Waals surface area (Å²) < 4.78 is 2.05. The quantitative estimate of drug-likeness (QED) is 0.199. The van der Waals surface area contributed by atoms with Crippen molar-refractivity contribution in [3.63, 3.8) is 0 Å². The van der Waals surface area contributed by atoms with E-state index in [4.69, 9.17) is 11.6 Å². The van der Waals surface area contributed by atoms with Crippen LogP contribution in [0.25, 0.3) is 21.9 Å². The van der Waals surface area contributed by atoms with Crippen LogP contribution in [0.15, 0.2) is 61.3 Å². The van der Waals surface area contributed by atoms with Crippen molar-refractivity contribution in [3.8, 4) is 6.07 Å². The van der Waals surface area contributed by atoms with Gasteiger partial charge < -0.3 is 14.3 Å². The van der Waals surface area contributed by atoms with Crippen molar-refractivity contribution >= 4 is 45.5 Å². The van der Waals surface area contributed by atoms with Gasteiger partial charge in [0.2, 0.25) is 0 Å². The number of nitriles is 1. The molecule has 2 heterocycles. The van der Waals surface area contributed by atoms with Crippen LogP contribution >= 0.6 is 11.6 Å². The monoisotopic (exact) mass is 538 g/mol. The third-order valence-electron chi connectivity index (χ3n) is 9.88. The van der Waals surface area contributed by atoms with Crippen molar-refractivity contribution in [2.45, 2.75) is 39.7 Å². The largest absolute Gasteiger partial charge is 0.348 e. The van der Waals surface area contributed by atoms with Gasteiger partial charge in [0.25, 0.3) is 0 Å². The molecule has 198 valence electrons. The molecule has 6 rings (SSSR count). The van der Waals surface area contributed by atoms with E-state index in [1.54, 1.807) is 6.33 Å². The Morgan fingerprint density at radius 2 is 2.03 bits per heavy atom. The van der Waals surface area contributed by atoms with Crippen LogP contribution in [0.2, 0.25) is 5.15 Å². The van der Waals surface area contributed by atoms with Gasteiger partial charge in [0.1, 0.15) is 18.1 Å². The molecule has 2 saturated carbocycles. The highest BCUT2D eigenvalue weighted by Crippen LogP contribution is 2.72. The molecule has 0 saturated heterocycles. The maximum Gasteiger partial charge on any atom is 0.164 e. The predicted molar refractivity (Wildman–Crippen MR) is 153 cm³/mol. The number of benzene rings is 2. The summed E-state index contributed by atoms with van der Waals surface area (Å²) in [4.78, 5) is 27.8. The smallest absolute Gasteiger partial charge is 0.164 e. The molecule has 2 aliphatic carbocycles. The number of imidazole rings is 1. The molecular formula is C31H31ClN6O. The molecule has 0 spiro atoms. The second-order valence-electron chi connectivity index (χ2n) is 11.7. The third kappa shape index (κ3) is 3.69. The molecule has 2 aliphatic rings. The van der Waals surface area contributed by atoms with Crippen molar-refractivity contribution in [2.24, 2.45) is 28.6 Å². The molecule has 0 unspecified atom stereocenters. The fraction of sp³-hybridized carbons (Fsp3) is 0.387. The Labute approximate surface area is 233 Å². The molecule has 5 atom stereocenters. The number of anilines is 1. The van der Waals surface area contributed by atoms with Gasteiger partial charge in [-0.3, -0.25) is 0 Å². The number of nitrogens with zero attached hydrogens (tertiary/aromatic N) is 6. The Balaban J connectivity index is 1.38. The molecule has 0 amide bonds. The second-order valence-corrected chi connectivity index (χ2v) is 12.0. The minimum Gasteiger partial charge on any atom is -0.348 e. The molecule has 0 radical (unpaired) electrons. The van der Waals surface area contributed by atoms with Crippen LogP contribution < -0.4 is 4.90 Å². The van der Waals surface area contributed by atoms with Crippen LogP contribution in [-0.2, 0) is 11.3 Å². The van der Waals surface area contributed by atoms with Crippen molar-refractivity contribution in [1.82, 2.24) is 19.5 Å². The molecular weight excluding hydrogens is 508 g/mol. The van der Waals surface area contributed by atoms with E-state index < -0.39 is 0 Å². The van der Waals surface area contributed by atoms with Gasteiger partial charge in [0, 0.05) is 47.6 Å². The van der Waals surface area contributed by atoms with Crippen LogP contribution in [0, 0.1) is 39.9 Å². The van der Waals surface area contributed by atoms with E-state index in [0.29, 0.717) is 28.7 Å². The Hall–Kier alpha value is -3.76. The van der Waals surface area contributed by atoms with Crippen LogP contribution in [0.5, 0.6) is 0 Å². The maximum atomic E-state index is 12.8. The minimum absolute atomic E-state index is 0.0106. The van der Waals surface area contributed by atoms with Gasteiger partial charge in [0.05, 0.1) is 18.0 Å². The Morgan fingerprint density at radius 1 is 1.26 bits per heavy atom. The summed E-state index contributed by atoms with van der Waals surface area (Å²) in [6.45, 7) is 9.91. The topological polar surface area (TPSA) is 87.7 Å². The first-order valence-electron chi connectivity index (χ1n) is 13.3. The lowest BCUT2D eigenvalue weighted by atomic mass is 9.61. The number of allylic oxidation sites excluding steroid dienone is 1. The number of halogens is 1. The summed E-state index contributed by atoms with van der Waals surface area (Å²) >= 11 is 6.25. The van der Waals surface area contributed by atoms with Crippen molar-refractivity contribution in [3.05, 3.63) is 72.0 Å². The molecule has 2 aromatic heterocycles. The van der Waals surface area contributed by atoms with Gasteiger partial charge in [0.15, 0.2) is 10.8 Å². The normalized spacial score (nSPS) is 27.6. The third-order valence-corrected chi connectivity index (χ3v) is 10.2. The lowest BCUT2D eigenvalue weighted by Crippen LogP contribution is -2.43. The number of aromatic nitrogens is 4. The lowest BCUT2D eigenvalue weighted by molar-refractivity contribution is -0.117. The lowest BCUT2D eigenvalue weighted by Gasteiger charge is -2.45. The molecule has 2 fully saturated rings. The highest BCUT2D eigenvalue weighted by atomic mass is 35.5. The van der Waals surface area contributed by atoms with Crippen molar-refractivity contribution in [2.75, 3.05) is 11.9 Å². The zero-order valence-corrected chi connectivity index (χ0v) is 23.2. The first-order valence-corrected chi connectivity index (χ1v) is 13.7. The van der Waals surface area contributed by atoms with Crippen LogP contribution in [0.4, 0.5) is 5.69 Å². The highest BCUT2D eigenvalue weighted by Gasteiger charge is 2.66. The molecule has 7 nitrogen and oxygen atoms in total. The summed E-state index contributed by atoms with van der Waals surface area (Å²) in [5, 5.41) is 11.9. The van der Waals surface area contributed by atoms with Gasteiger partial charge in [-0.2, -0.15) is 5.26 Å². The first kappa shape index (κ1) is 25.5.